The van der Waals surface area contributed by atoms with Crippen LogP contribution < -0.4 is 20.1 Å². The number of alkyl halides is 2. The Labute approximate surface area is 155 Å². The summed E-state index contributed by atoms with van der Waals surface area (Å²) in [6, 6.07) is 11.0. The fourth-order valence-corrected chi connectivity index (χ4v) is 2.29. The van der Waals surface area contributed by atoms with Crippen molar-refractivity contribution < 1.29 is 27.8 Å². The number of methoxy groups -OCH3 is 1. The summed E-state index contributed by atoms with van der Waals surface area (Å²) in [7, 11) is 1.35. The minimum absolute atomic E-state index is 0.105. The molecule has 2 N–H and O–H groups in total. The van der Waals surface area contributed by atoms with Crippen LogP contribution in [-0.2, 0) is 11.3 Å². The van der Waals surface area contributed by atoms with Crippen molar-refractivity contribution in [2.24, 2.45) is 0 Å². The molecule has 0 aromatic heterocycles. The van der Waals surface area contributed by atoms with Crippen LogP contribution in [0.5, 0.6) is 11.5 Å². The molecule has 0 spiro atoms. The molecular formula is C19H20F2N2O4. The summed E-state index contributed by atoms with van der Waals surface area (Å²) in [6.07, 6.45) is 0.330. The standard InChI is InChI=1S/C19H20F2N2O4/c1-3-17(24)23-14-6-4-5-13(10-14)18(25)22-11-12-7-8-15(26-2)16(9-12)27-19(20)21/h4-10,19H,3,11H2,1-2H3,(H,22,25)(H,23,24). The molecule has 27 heavy (non-hydrogen) atoms. The normalized spacial score (nSPS) is 10.4. The highest BCUT2D eigenvalue weighted by Gasteiger charge is 2.12. The molecule has 0 heterocycles. The molecule has 8 heteroatoms. The number of anilines is 1. The molecule has 0 fully saturated rings. The van der Waals surface area contributed by atoms with E-state index in [1.54, 1.807) is 37.3 Å². The molecule has 2 amide bonds. The fourth-order valence-electron chi connectivity index (χ4n) is 2.29. The van der Waals surface area contributed by atoms with Gasteiger partial charge in [0.25, 0.3) is 5.91 Å². The Hall–Kier alpha value is -3.16. The summed E-state index contributed by atoms with van der Waals surface area (Å²) in [5, 5.41) is 5.37. The number of hydrogen-bond donors (Lipinski definition) is 2. The Kier molecular flexibility index (Phi) is 7.10. The average Bonchev–Trinajstić information content (AvgIpc) is 2.66. The lowest BCUT2D eigenvalue weighted by Gasteiger charge is -2.12. The molecule has 2 aromatic rings. The summed E-state index contributed by atoms with van der Waals surface area (Å²) >= 11 is 0. The van der Waals surface area contributed by atoms with Crippen molar-refractivity contribution >= 4 is 17.5 Å². The highest BCUT2D eigenvalue weighted by atomic mass is 19.3. The maximum Gasteiger partial charge on any atom is 0.387 e. The number of carbonyl (C=O) groups is 2. The Balaban J connectivity index is 2.05. The van der Waals surface area contributed by atoms with E-state index in [2.05, 4.69) is 15.4 Å². The predicted octanol–water partition coefficient (Wildman–Crippen LogP) is 3.58. The minimum Gasteiger partial charge on any atom is -0.493 e. The summed E-state index contributed by atoms with van der Waals surface area (Å²) in [6.45, 7) is -1.15. The molecule has 0 aliphatic carbocycles. The van der Waals surface area contributed by atoms with Crippen LogP contribution in [0.25, 0.3) is 0 Å². The predicted molar refractivity (Wildman–Crippen MR) is 96.2 cm³/mol. The van der Waals surface area contributed by atoms with Crippen molar-refractivity contribution in [1.82, 2.24) is 5.32 Å². The smallest absolute Gasteiger partial charge is 0.387 e. The van der Waals surface area contributed by atoms with Crippen LogP contribution in [0.1, 0.15) is 29.3 Å². The first kappa shape index (κ1) is 20.2. The van der Waals surface area contributed by atoms with E-state index in [1.165, 1.54) is 19.2 Å². The largest absolute Gasteiger partial charge is 0.493 e. The molecule has 0 radical (unpaired) electrons. The second-order valence-corrected chi connectivity index (χ2v) is 5.53. The zero-order valence-electron chi connectivity index (χ0n) is 14.9. The number of ether oxygens (including phenoxy) is 2. The zero-order valence-corrected chi connectivity index (χ0v) is 14.9. The van der Waals surface area contributed by atoms with Crippen LogP contribution in [0, 0.1) is 0 Å². The van der Waals surface area contributed by atoms with E-state index in [9.17, 15) is 18.4 Å². The van der Waals surface area contributed by atoms with E-state index < -0.39 is 6.61 Å². The number of carbonyl (C=O) groups excluding carboxylic acids is 2. The van der Waals surface area contributed by atoms with Crippen LogP contribution in [0.3, 0.4) is 0 Å². The molecule has 6 nitrogen and oxygen atoms in total. The van der Waals surface area contributed by atoms with Gasteiger partial charge in [-0.3, -0.25) is 9.59 Å². The monoisotopic (exact) mass is 378 g/mol. The van der Waals surface area contributed by atoms with Crippen LogP contribution in [0.2, 0.25) is 0 Å². The number of rotatable bonds is 8. The van der Waals surface area contributed by atoms with Crippen molar-refractivity contribution in [2.75, 3.05) is 12.4 Å². The van der Waals surface area contributed by atoms with Gasteiger partial charge in [0.15, 0.2) is 11.5 Å². The third-order valence-corrected chi connectivity index (χ3v) is 3.63. The highest BCUT2D eigenvalue weighted by Crippen LogP contribution is 2.29. The van der Waals surface area contributed by atoms with Gasteiger partial charge in [0.1, 0.15) is 0 Å². The lowest BCUT2D eigenvalue weighted by molar-refractivity contribution is -0.115. The average molecular weight is 378 g/mol. The van der Waals surface area contributed by atoms with Crippen LogP contribution in [0.15, 0.2) is 42.5 Å². The molecule has 0 atom stereocenters. The van der Waals surface area contributed by atoms with Crippen molar-refractivity contribution in [2.45, 2.75) is 26.5 Å². The molecule has 0 bridgehead atoms. The van der Waals surface area contributed by atoms with Gasteiger partial charge >= 0.3 is 6.61 Å². The number of hydrogen-bond acceptors (Lipinski definition) is 4. The first-order chi connectivity index (χ1) is 12.9. The molecule has 0 aliphatic heterocycles. The summed E-state index contributed by atoms with van der Waals surface area (Å²) in [5.74, 6) is -0.458. The second-order valence-electron chi connectivity index (χ2n) is 5.53. The molecule has 144 valence electrons. The van der Waals surface area contributed by atoms with Gasteiger partial charge < -0.3 is 20.1 Å². The first-order valence-electron chi connectivity index (χ1n) is 8.22. The zero-order chi connectivity index (χ0) is 19.8. The molecule has 0 saturated carbocycles. The van der Waals surface area contributed by atoms with Crippen LogP contribution >= 0.6 is 0 Å². The fraction of sp³-hybridized carbons (Fsp3) is 0.263. The van der Waals surface area contributed by atoms with E-state index in [1.807, 2.05) is 0 Å². The molecule has 2 rings (SSSR count). The molecule has 2 aromatic carbocycles. The van der Waals surface area contributed by atoms with E-state index in [4.69, 9.17) is 4.74 Å². The van der Waals surface area contributed by atoms with Crippen molar-refractivity contribution in [3.05, 3.63) is 53.6 Å². The Morgan fingerprint density at radius 2 is 1.89 bits per heavy atom. The third kappa shape index (κ3) is 5.95. The lowest BCUT2D eigenvalue weighted by atomic mass is 10.1. The van der Waals surface area contributed by atoms with Gasteiger partial charge in [0.05, 0.1) is 7.11 Å². The summed E-state index contributed by atoms with van der Waals surface area (Å²) in [5.41, 5.74) is 1.45. The molecule has 0 saturated heterocycles. The third-order valence-electron chi connectivity index (χ3n) is 3.63. The van der Waals surface area contributed by atoms with Gasteiger partial charge in [0.2, 0.25) is 5.91 Å². The van der Waals surface area contributed by atoms with Gasteiger partial charge in [0, 0.05) is 24.2 Å². The van der Waals surface area contributed by atoms with E-state index in [0.29, 0.717) is 23.2 Å². The van der Waals surface area contributed by atoms with Gasteiger partial charge in [-0.1, -0.05) is 19.1 Å². The Bertz CT molecular complexity index is 812. The van der Waals surface area contributed by atoms with Crippen molar-refractivity contribution in [3.8, 4) is 11.5 Å². The van der Waals surface area contributed by atoms with Gasteiger partial charge in [-0.2, -0.15) is 8.78 Å². The highest BCUT2D eigenvalue weighted by molar-refractivity contribution is 5.97. The molecule has 0 unspecified atom stereocenters. The van der Waals surface area contributed by atoms with Gasteiger partial charge in [-0.05, 0) is 35.9 Å². The quantitative estimate of drug-likeness (QED) is 0.736. The maximum atomic E-state index is 12.5. The van der Waals surface area contributed by atoms with Gasteiger partial charge in [-0.15, -0.1) is 0 Å². The Morgan fingerprint density at radius 1 is 1.11 bits per heavy atom. The van der Waals surface area contributed by atoms with Crippen molar-refractivity contribution in [1.29, 1.82) is 0 Å². The topological polar surface area (TPSA) is 76.7 Å². The SMILES string of the molecule is CCC(=O)Nc1cccc(C(=O)NCc2ccc(OC)c(OC(F)F)c2)c1. The number of amides is 2. The van der Waals surface area contributed by atoms with E-state index in [-0.39, 0.29) is 29.9 Å². The summed E-state index contributed by atoms with van der Waals surface area (Å²) < 4.78 is 34.4. The summed E-state index contributed by atoms with van der Waals surface area (Å²) in [4.78, 5) is 23.8. The minimum atomic E-state index is -2.98. The Morgan fingerprint density at radius 3 is 2.56 bits per heavy atom. The molecular weight excluding hydrogens is 358 g/mol. The van der Waals surface area contributed by atoms with E-state index in [0.717, 1.165) is 0 Å². The number of halogens is 2. The van der Waals surface area contributed by atoms with Gasteiger partial charge in [-0.25, -0.2) is 0 Å². The number of nitrogens with one attached hydrogen (secondary N) is 2. The first-order valence-corrected chi connectivity index (χ1v) is 8.22. The maximum absolute atomic E-state index is 12.5. The van der Waals surface area contributed by atoms with E-state index >= 15 is 0 Å². The van der Waals surface area contributed by atoms with Crippen LogP contribution in [-0.4, -0.2) is 25.5 Å². The second kappa shape index (κ2) is 9.51. The number of benzene rings is 2. The lowest BCUT2D eigenvalue weighted by Crippen LogP contribution is -2.23. The van der Waals surface area contributed by atoms with Crippen LogP contribution in [0.4, 0.5) is 14.5 Å². The molecule has 0 aliphatic rings. The van der Waals surface area contributed by atoms with Crippen molar-refractivity contribution in [3.63, 3.8) is 0 Å².